The molecule has 0 saturated carbocycles. The minimum atomic E-state index is -0.877. The SMILES string of the molecule is CCCc1cc(C(=O)O)cc(N2CCSC(C)C2C)n1. The van der Waals surface area contributed by atoms with Crippen molar-refractivity contribution < 1.29 is 9.90 Å². The van der Waals surface area contributed by atoms with Gasteiger partial charge in [0, 0.05) is 29.3 Å². The Labute approximate surface area is 124 Å². The van der Waals surface area contributed by atoms with Gasteiger partial charge in [0.2, 0.25) is 0 Å². The number of hydrogen-bond acceptors (Lipinski definition) is 4. The van der Waals surface area contributed by atoms with E-state index in [1.807, 2.05) is 11.8 Å². The lowest BCUT2D eigenvalue weighted by atomic mass is 10.1. The van der Waals surface area contributed by atoms with Crippen LogP contribution in [0.2, 0.25) is 0 Å². The molecule has 4 nitrogen and oxygen atoms in total. The van der Waals surface area contributed by atoms with Gasteiger partial charge >= 0.3 is 5.97 Å². The van der Waals surface area contributed by atoms with Crippen LogP contribution in [0.3, 0.4) is 0 Å². The summed E-state index contributed by atoms with van der Waals surface area (Å²) in [5.41, 5.74) is 1.22. The minimum Gasteiger partial charge on any atom is -0.478 e. The van der Waals surface area contributed by atoms with Crippen LogP contribution < -0.4 is 4.90 Å². The van der Waals surface area contributed by atoms with Gasteiger partial charge in [-0.3, -0.25) is 0 Å². The molecule has 1 N–H and O–H groups in total. The van der Waals surface area contributed by atoms with E-state index in [1.54, 1.807) is 12.1 Å². The summed E-state index contributed by atoms with van der Waals surface area (Å²) in [6.45, 7) is 7.41. The molecule has 2 rings (SSSR count). The predicted octanol–water partition coefficient (Wildman–Crippen LogP) is 3.06. The second kappa shape index (κ2) is 6.48. The van der Waals surface area contributed by atoms with Crippen molar-refractivity contribution in [1.29, 1.82) is 0 Å². The Balaban J connectivity index is 2.36. The standard InChI is InChI=1S/C15H22N2O2S/c1-4-5-13-8-12(15(18)19)9-14(16-13)17-6-7-20-11(3)10(17)2/h8-11H,4-7H2,1-3H3,(H,18,19). The fourth-order valence-corrected chi connectivity index (χ4v) is 3.58. The lowest BCUT2D eigenvalue weighted by Crippen LogP contribution is -2.45. The molecule has 1 fully saturated rings. The lowest BCUT2D eigenvalue weighted by molar-refractivity contribution is 0.0696. The summed E-state index contributed by atoms with van der Waals surface area (Å²) in [5, 5.41) is 9.80. The Morgan fingerprint density at radius 3 is 2.90 bits per heavy atom. The number of aromatic nitrogens is 1. The number of hydrogen-bond donors (Lipinski definition) is 1. The fourth-order valence-electron chi connectivity index (χ4n) is 2.48. The Morgan fingerprint density at radius 1 is 1.50 bits per heavy atom. The molecule has 1 aliphatic heterocycles. The van der Waals surface area contributed by atoms with Gasteiger partial charge in [-0.2, -0.15) is 11.8 Å². The zero-order chi connectivity index (χ0) is 14.7. The van der Waals surface area contributed by atoms with Gasteiger partial charge in [-0.25, -0.2) is 9.78 Å². The predicted molar refractivity (Wildman–Crippen MR) is 83.9 cm³/mol. The van der Waals surface area contributed by atoms with Crippen LogP contribution in [-0.2, 0) is 6.42 Å². The van der Waals surface area contributed by atoms with E-state index in [0.29, 0.717) is 16.9 Å². The summed E-state index contributed by atoms with van der Waals surface area (Å²) < 4.78 is 0. The van der Waals surface area contributed by atoms with Crippen molar-refractivity contribution in [1.82, 2.24) is 4.98 Å². The molecular formula is C15H22N2O2S. The average Bonchev–Trinajstić information content (AvgIpc) is 2.42. The zero-order valence-electron chi connectivity index (χ0n) is 12.3. The van der Waals surface area contributed by atoms with Gasteiger partial charge in [0.25, 0.3) is 0 Å². The molecule has 5 heteroatoms. The number of aryl methyl sites for hydroxylation is 1. The molecule has 0 aromatic carbocycles. The molecule has 0 amide bonds. The Hall–Kier alpha value is -1.23. The summed E-state index contributed by atoms with van der Waals surface area (Å²) in [6.07, 6.45) is 1.79. The zero-order valence-corrected chi connectivity index (χ0v) is 13.1. The third kappa shape index (κ3) is 3.26. The van der Waals surface area contributed by atoms with Gasteiger partial charge < -0.3 is 10.0 Å². The van der Waals surface area contributed by atoms with Crippen LogP contribution in [0, 0.1) is 0 Å². The van der Waals surface area contributed by atoms with Crippen molar-refractivity contribution in [2.45, 2.75) is 44.9 Å². The second-order valence-electron chi connectivity index (χ2n) is 5.27. The number of anilines is 1. The highest BCUT2D eigenvalue weighted by Gasteiger charge is 2.27. The molecule has 0 aliphatic carbocycles. The number of pyridine rings is 1. The summed E-state index contributed by atoms with van der Waals surface area (Å²) in [6, 6.07) is 3.78. The first-order chi connectivity index (χ1) is 9.52. The number of thioether (sulfide) groups is 1. The van der Waals surface area contributed by atoms with Crippen molar-refractivity contribution in [3.63, 3.8) is 0 Å². The number of carboxylic acids is 1. The number of carbonyl (C=O) groups is 1. The highest BCUT2D eigenvalue weighted by molar-refractivity contribution is 8.00. The van der Waals surface area contributed by atoms with Crippen LogP contribution >= 0.6 is 11.8 Å². The average molecular weight is 294 g/mol. The third-order valence-electron chi connectivity index (χ3n) is 3.80. The molecule has 0 spiro atoms. The first-order valence-corrected chi connectivity index (χ1v) is 8.20. The first-order valence-electron chi connectivity index (χ1n) is 7.15. The largest absolute Gasteiger partial charge is 0.478 e. The summed E-state index contributed by atoms with van der Waals surface area (Å²) >= 11 is 1.96. The van der Waals surface area contributed by atoms with E-state index in [0.717, 1.165) is 36.7 Å². The fraction of sp³-hybridized carbons (Fsp3) is 0.600. The molecular weight excluding hydrogens is 272 g/mol. The molecule has 1 saturated heterocycles. The molecule has 2 heterocycles. The van der Waals surface area contributed by atoms with Crippen LogP contribution in [0.25, 0.3) is 0 Å². The third-order valence-corrected chi connectivity index (χ3v) is 5.13. The lowest BCUT2D eigenvalue weighted by Gasteiger charge is -2.38. The number of rotatable bonds is 4. The smallest absolute Gasteiger partial charge is 0.335 e. The van der Waals surface area contributed by atoms with Crippen LogP contribution in [0.5, 0.6) is 0 Å². The Bertz CT molecular complexity index is 493. The first kappa shape index (κ1) is 15.2. The van der Waals surface area contributed by atoms with E-state index in [9.17, 15) is 9.90 Å². The van der Waals surface area contributed by atoms with Crippen LogP contribution in [-0.4, -0.2) is 39.6 Å². The Morgan fingerprint density at radius 2 is 2.25 bits per heavy atom. The quantitative estimate of drug-likeness (QED) is 0.925. The van der Waals surface area contributed by atoms with Crippen molar-refractivity contribution in [3.05, 3.63) is 23.4 Å². The number of nitrogens with zero attached hydrogens (tertiary/aromatic N) is 2. The Kier molecular flexibility index (Phi) is 4.91. The van der Waals surface area contributed by atoms with Crippen molar-refractivity contribution in [2.24, 2.45) is 0 Å². The molecule has 1 aromatic rings. The second-order valence-corrected chi connectivity index (χ2v) is 6.76. The van der Waals surface area contributed by atoms with E-state index in [2.05, 4.69) is 30.7 Å². The van der Waals surface area contributed by atoms with E-state index < -0.39 is 5.97 Å². The molecule has 0 radical (unpaired) electrons. The molecule has 110 valence electrons. The summed E-state index contributed by atoms with van der Waals surface area (Å²) in [5.74, 6) is 0.999. The highest BCUT2D eigenvalue weighted by atomic mass is 32.2. The maximum Gasteiger partial charge on any atom is 0.335 e. The summed E-state index contributed by atoms with van der Waals surface area (Å²) in [7, 11) is 0. The van der Waals surface area contributed by atoms with Gasteiger partial charge in [-0.05, 0) is 25.5 Å². The van der Waals surface area contributed by atoms with E-state index >= 15 is 0 Å². The molecule has 0 bridgehead atoms. The van der Waals surface area contributed by atoms with Crippen molar-refractivity contribution in [3.8, 4) is 0 Å². The van der Waals surface area contributed by atoms with Crippen molar-refractivity contribution in [2.75, 3.05) is 17.2 Å². The normalized spacial score (nSPS) is 22.9. The highest BCUT2D eigenvalue weighted by Crippen LogP contribution is 2.28. The van der Waals surface area contributed by atoms with Crippen molar-refractivity contribution >= 4 is 23.5 Å². The van der Waals surface area contributed by atoms with Gasteiger partial charge in [0.05, 0.1) is 5.56 Å². The van der Waals surface area contributed by atoms with E-state index in [-0.39, 0.29) is 0 Å². The topological polar surface area (TPSA) is 53.4 Å². The van der Waals surface area contributed by atoms with Gasteiger partial charge in [-0.15, -0.1) is 0 Å². The number of carboxylic acid groups (broad SMARTS) is 1. The molecule has 2 atom stereocenters. The van der Waals surface area contributed by atoms with Crippen LogP contribution in [0.15, 0.2) is 12.1 Å². The maximum atomic E-state index is 11.3. The van der Waals surface area contributed by atoms with Gasteiger partial charge in [-0.1, -0.05) is 20.3 Å². The van der Waals surface area contributed by atoms with E-state index in [1.165, 1.54) is 0 Å². The molecule has 1 aromatic heterocycles. The van der Waals surface area contributed by atoms with E-state index in [4.69, 9.17) is 0 Å². The minimum absolute atomic E-state index is 0.344. The molecule has 2 unspecified atom stereocenters. The van der Waals surface area contributed by atoms with Gasteiger partial charge in [0.1, 0.15) is 5.82 Å². The summed E-state index contributed by atoms with van der Waals surface area (Å²) in [4.78, 5) is 18.2. The van der Waals surface area contributed by atoms with Gasteiger partial charge in [0.15, 0.2) is 0 Å². The van der Waals surface area contributed by atoms with Crippen LogP contribution in [0.1, 0.15) is 43.2 Å². The molecule has 20 heavy (non-hydrogen) atoms. The van der Waals surface area contributed by atoms with Crippen LogP contribution in [0.4, 0.5) is 5.82 Å². The maximum absolute atomic E-state index is 11.3. The number of aromatic carboxylic acids is 1. The molecule has 1 aliphatic rings. The monoisotopic (exact) mass is 294 g/mol.